The second-order valence-electron chi connectivity index (χ2n) is 6.29. The third-order valence-corrected chi connectivity index (χ3v) is 4.48. The molecule has 0 aromatic carbocycles. The van der Waals surface area contributed by atoms with Gasteiger partial charge in [-0.3, -0.25) is 14.8 Å². The van der Waals surface area contributed by atoms with E-state index < -0.39 is 0 Å². The molecule has 1 fully saturated rings. The highest BCUT2D eigenvalue weighted by Gasteiger charge is 2.24. The van der Waals surface area contributed by atoms with Gasteiger partial charge in [-0.1, -0.05) is 6.07 Å². The van der Waals surface area contributed by atoms with Crippen LogP contribution >= 0.6 is 24.0 Å². The smallest absolute Gasteiger partial charge is 0.289 e. The van der Waals surface area contributed by atoms with Gasteiger partial charge in [-0.05, 0) is 37.1 Å². The average molecular weight is 483 g/mol. The van der Waals surface area contributed by atoms with E-state index in [0.717, 1.165) is 37.7 Å². The van der Waals surface area contributed by atoms with Crippen LogP contribution in [0.3, 0.4) is 0 Å². The standard InChI is InChI=1S/C19H25N5O2.HI/c1-15-5-6-16(14-22-15)7-8-21-19(20-2)24-11-9-23(10-12-24)18(25)17-4-3-13-26-17;/h3-6,13-14H,7-12H2,1-2H3,(H,20,21);1H. The maximum atomic E-state index is 12.3. The number of pyridine rings is 1. The van der Waals surface area contributed by atoms with Crippen LogP contribution in [0.4, 0.5) is 0 Å². The summed E-state index contributed by atoms with van der Waals surface area (Å²) in [6.07, 6.45) is 4.33. The van der Waals surface area contributed by atoms with Gasteiger partial charge in [0.2, 0.25) is 0 Å². The molecule has 3 heterocycles. The topological polar surface area (TPSA) is 74.0 Å². The summed E-state index contributed by atoms with van der Waals surface area (Å²) in [5.74, 6) is 1.22. The summed E-state index contributed by atoms with van der Waals surface area (Å²) in [5, 5.41) is 3.40. The summed E-state index contributed by atoms with van der Waals surface area (Å²) < 4.78 is 5.20. The molecule has 3 rings (SSSR count). The zero-order valence-electron chi connectivity index (χ0n) is 15.7. The molecule has 0 bridgehead atoms. The number of halogens is 1. The number of guanidine groups is 1. The monoisotopic (exact) mass is 483 g/mol. The lowest BCUT2D eigenvalue weighted by Gasteiger charge is -2.36. The highest BCUT2D eigenvalue weighted by atomic mass is 127. The molecule has 0 aliphatic carbocycles. The van der Waals surface area contributed by atoms with Gasteiger partial charge in [0.05, 0.1) is 6.26 Å². The van der Waals surface area contributed by atoms with E-state index >= 15 is 0 Å². The van der Waals surface area contributed by atoms with Crippen LogP contribution in [0.15, 0.2) is 46.1 Å². The summed E-state index contributed by atoms with van der Waals surface area (Å²) in [5.41, 5.74) is 2.23. The van der Waals surface area contributed by atoms with E-state index in [9.17, 15) is 4.79 Å². The number of rotatable bonds is 4. The first-order valence-corrected chi connectivity index (χ1v) is 8.87. The van der Waals surface area contributed by atoms with Gasteiger partial charge in [0, 0.05) is 51.7 Å². The first-order valence-electron chi connectivity index (χ1n) is 8.87. The van der Waals surface area contributed by atoms with E-state index in [1.54, 1.807) is 19.2 Å². The zero-order chi connectivity index (χ0) is 18.4. The van der Waals surface area contributed by atoms with Gasteiger partial charge in [-0.25, -0.2) is 0 Å². The Labute approximate surface area is 176 Å². The Morgan fingerprint density at radius 2 is 1.96 bits per heavy atom. The number of aryl methyl sites for hydroxylation is 1. The molecule has 0 unspecified atom stereocenters. The van der Waals surface area contributed by atoms with Gasteiger partial charge in [0.1, 0.15) is 0 Å². The van der Waals surface area contributed by atoms with E-state index in [2.05, 4.69) is 26.3 Å². The van der Waals surface area contributed by atoms with Crippen molar-refractivity contribution in [1.82, 2.24) is 20.1 Å². The van der Waals surface area contributed by atoms with E-state index in [4.69, 9.17) is 4.42 Å². The second-order valence-corrected chi connectivity index (χ2v) is 6.29. The second kappa shape index (κ2) is 10.3. The van der Waals surface area contributed by atoms with Gasteiger partial charge in [0.15, 0.2) is 11.7 Å². The third-order valence-electron chi connectivity index (χ3n) is 4.48. The molecule has 7 nitrogen and oxygen atoms in total. The quantitative estimate of drug-likeness (QED) is 0.410. The summed E-state index contributed by atoms with van der Waals surface area (Å²) in [6.45, 7) is 5.59. The largest absolute Gasteiger partial charge is 0.459 e. The van der Waals surface area contributed by atoms with Crippen molar-refractivity contribution in [3.63, 3.8) is 0 Å². The number of aromatic nitrogens is 1. The molecule has 27 heavy (non-hydrogen) atoms. The molecular weight excluding hydrogens is 457 g/mol. The molecule has 0 saturated carbocycles. The van der Waals surface area contributed by atoms with E-state index in [1.807, 2.05) is 24.1 Å². The number of carbonyl (C=O) groups is 1. The highest BCUT2D eigenvalue weighted by Crippen LogP contribution is 2.09. The van der Waals surface area contributed by atoms with Gasteiger partial charge < -0.3 is 19.5 Å². The molecule has 2 aromatic rings. The number of nitrogens with one attached hydrogen (secondary N) is 1. The molecule has 0 atom stereocenters. The number of furan rings is 1. The lowest BCUT2D eigenvalue weighted by atomic mass is 10.2. The SMILES string of the molecule is CN=C(NCCc1ccc(C)nc1)N1CCN(C(=O)c2ccco2)CC1.I. The van der Waals surface area contributed by atoms with Crippen molar-refractivity contribution in [2.45, 2.75) is 13.3 Å². The molecule has 1 aliphatic rings. The number of carbonyl (C=O) groups excluding carboxylic acids is 1. The number of nitrogens with zero attached hydrogens (tertiary/aromatic N) is 4. The van der Waals surface area contributed by atoms with Gasteiger partial charge in [-0.2, -0.15) is 0 Å². The fraction of sp³-hybridized carbons (Fsp3) is 0.421. The van der Waals surface area contributed by atoms with Crippen LogP contribution in [0.1, 0.15) is 21.8 Å². The van der Waals surface area contributed by atoms with Gasteiger partial charge in [-0.15, -0.1) is 24.0 Å². The van der Waals surface area contributed by atoms with Crippen molar-refractivity contribution in [2.75, 3.05) is 39.8 Å². The molecule has 1 N–H and O–H groups in total. The van der Waals surface area contributed by atoms with Crippen molar-refractivity contribution in [3.05, 3.63) is 53.7 Å². The predicted octanol–water partition coefficient (Wildman–Crippen LogP) is 2.18. The average Bonchev–Trinajstić information content (AvgIpc) is 3.21. The lowest BCUT2D eigenvalue weighted by molar-refractivity contribution is 0.0658. The number of hydrogen-bond donors (Lipinski definition) is 1. The van der Waals surface area contributed by atoms with E-state index in [-0.39, 0.29) is 29.9 Å². The first-order chi connectivity index (χ1) is 12.7. The number of aliphatic imine (C=N–C) groups is 1. The van der Waals surface area contributed by atoms with Crippen molar-refractivity contribution < 1.29 is 9.21 Å². The van der Waals surface area contributed by atoms with Crippen LogP contribution in [0, 0.1) is 6.92 Å². The number of amides is 1. The maximum Gasteiger partial charge on any atom is 0.289 e. The minimum atomic E-state index is -0.0514. The molecule has 1 aliphatic heterocycles. The summed E-state index contributed by atoms with van der Waals surface area (Å²) >= 11 is 0. The molecule has 0 spiro atoms. The van der Waals surface area contributed by atoms with E-state index in [0.29, 0.717) is 18.8 Å². The highest BCUT2D eigenvalue weighted by molar-refractivity contribution is 14.0. The van der Waals surface area contributed by atoms with Crippen molar-refractivity contribution in [2.24, 2.45) is 4.99 Å². The first kappa shape index (κ1) is 21.2. The van der Waals surface area contributed by atoms with Crippen molar-refractivity contribution in [3.8, 4) is 0 Å². The molecule has 1 amide bonds. The molecule has 0 radical (unpaired) electrons. The Bertz CT molecular complexity index is 738. The predicted molar refractivity (Wildman–Crippen MR) is 116 cm³/mol. The fourth-order valence-corrected chi connectivity index (χ4v) is 2.97. The molecule has 8 heteroatoms. The molecular formula is C19H26IN5O2. The Balaban J connectivity index is 0.00000261. The van der Waals surface area contributed by atoms with Crippen molar-refractivity contribution >= 4 is 35.8 Å². The Morgan fingerprint density at radius 3 is 2.56 bits per heavy atom. The van der Waals surface area contributed by atoms with Crippen LogP contribution < -0.4 is 5.32 Å². The third kappa shape index (κ3) is 5.69. The summed E-state index contributed by atoms with van der Waals surface area (Å²) in [7, 11) is 1.79. The minimum Gasteiger partial charge on any atom is -0.459 e. The number of hydrogen-bond acceptors (Lipinski definition) is 4. The summed E-state index contributed by atoms with van der Waals surface area (Å²) in [6, 6.07) is 7.57. The van der Waals surface area contributed by atoms with Crippen molar-refractivity contribution in [1.29, 1.82) is 0 Å². The Kier molecular flexibility index (Phi) is 8.08. The number of piperazine rings is 1. The Hall–Kier alpha value is -2.10. The van der Waals surface area contributed by atoms with Gasteiger partial charge in [0.25, 0.3) is 5.91 Å². The van der Waals surface area contributed by atoms with Crippen LogP contribution in [-0.2, 0) is 6.42 Å². The normalized spacial score (nSPS) is 14.7. The van der Waals surface area contributed by atoms with Crippen LogP contribution in [0.25, 0.3) is 0 Å². The molecule has 146 valence electrons. The van der Waals surface area contributed by atoms with Crippen LogP contribution in [-0.4, -0.2) is 66.4 Å². The Morgan fingerprint density at radius 1 is 1.22 bits per heavy atom. The van der Waals surface area contributed by atoms with Crippen LogP contribution in [0.5, 0.6) is 0 Å². The fourth-order valence-electron chi connectivity index (χ4n) is 2.97. The van der Waals surface area contributed by atoms with Crippen LogP contribution in [0.2, 0.25) is 0 Å². The van der Waals surface area contributed by atoms with E-state index in [1.165, 1.54) is 11.8 Å². The molecule has 1 saturated heterocycles. The minimum absolute atomic E-state index is 0. The van der Waals surface area contributed by atoms with Gasteiger partial charge >= 0.3 is 0 Å². The lowest BCUT2D eigenvalue weighted by Crippen LogP contribution is -2.54. The summed E-state index contributed by atoms with van der Waals surface area (Å²) in [4.78, 5) is 25.0. The zero-order valence-corrected chi connectivity index (χ0v) is 18.1. The maximum absolute atomic E-state index is 12.3. The molecule has 2 aromatic heterocycles.